The number of amides is 1. The Kier molecular flexibility index (Phi) is 4.34. The highest BCUT2D eigenvalue weighted by molar-refractivity contribution is 5.76. The first-order chi connectivity index (χ1) is 10.3. The third-order valence-corrected chi connectivity index (χ3v) is 4.20. The highest BCUT2D eigenvalue weighted by Gasteiger charge is 2.18. The maximum Gasteiger partial charge on any atom is 0.220 e. The van der Waals surface area contributed by atoms with Gasteiger partial charge in [-0.05, 0) is 30.4 Å². The molecule has 1 aromatic heterocycles. The number of imidazole rings is 1. The molecule has 0 spiro atoms. The largest absolute Gasteiger partial charge is 0.352 e. The van der Waals surface area contributed by atoms with Crippen molar-refractivity contribution in [3.05, 3.63) is 48.5 Å². The van der Waals surface area contributed by atoms with E-state index in [0.29, 0.717) is 18.9 Å². The van der Waals surface area contributed by atoms with Gasteiger partial charge in [0, 0.05) is 25.4 Å². The van der Waals surface area contributed by atoms with E-state index in [1.54, 1.807) is 12.5 Å². The number of carbonyl (C=O) groups excluding carboxylic acids is 1. The minimum Gasteiger partial charge on any atom is -0.352 e. The van der Waals surface area contributed by atoms with Crippen LogP contribution in [-0.2, 0) is 11.3 Å². The molecule has 4 nitrogen and oxygen atoms in total. The Balaban J connectivity index is 1.61. The lowest BCUT2D eigenvalue weighted by Gasteiger charge is -2.13. The van der Waals surface area contributed by atoms with Crippen molar-refractivity contribution in [1.29, 1.82) is 0 Å². The molecule has 3 rings (SSSR count). The molecule has 0 unspecified atom stereocenters. The van der Waals surface area contributed by atoms with Gasteiger partial charge in [-0.2, -0.15) is 0 Å². The molecule has 4 heteroatoms. The third kappa shape index (κ3) is 3.51. The van der Waals surface area contributed by atoms with Gasteiger partial charge in [-0.3, -0.25) is 4.79 Å². The van der Waals surface area contributed by atoms with Gasteiger partial charge in [-0.15, -0.1) is 0 Å². The van der Waals surface area contributed by atoms with E-state index in [1.807, 2.05) is 35.0 Å². The molecule has 0 saturated heterocycles. The minimum absolute atomic E-state index is 0.169. The summed E-state index contributed by atoms with van der Waals surface area (Å²) < 4.78 is 1.97. The summed E-state index contributed by atoms with van der Waals surface area (Å²) in [5, 5.41) is 3.06. The molecule has 1 aliphatic rings. The summed E-state index contributed by atoms with van der Waals surface area (Å²) in [7, 11) is 0. The molecule has 1 N–H and O–H groups in total. The highest BCUT2D eigenvalue weighted by atomic mass is 16.1. The number of para-hydroxylation sites is 1. The number of carbonyl (C=O) groups is 1. The molecule has 1 heterocycles. The fraction of sp³-hybridized carbons (Fsp3) is 0.412. The second-order valence-electron chi connectivity index (χ2n) is 5.73. The van der Waals surface area contributed by atoms with Crippen molar-refractivity contribution in [1.82, 2.24) is 14.9 Å². The third-order valence-electron chi connectivity index (χ3n) is 4.20. The standard InChI is InChI=1S/C17H21N3O/c21-17(11-14-5-1-2-6-14)19-12-15-7-3-4-8-16(15)20-10-9-18-13-20/h3-4,7-10,13-14H,1-2,5-6,11-12H2,(H,19,21). The molecule has 0 aliphatic heterocycles. The molecule has 0 bridgehead atoms. The van der Waals surface area contributed by atoms with Crippen LogP contribution in [0.25, 0.3) is 5.69 Å². The molecule has 1 aliphatic carbocycles. The molecule has 1 aromatic carbocycles. The zero-order chi connectivity index (χ0) is 14.5. The van der Waals surface area contributed by atoms with E-state index >= 15 is 0 Å². The smallest absolute Gasteiger partial charge is 0.220 e. The van der Waals surface area contributed by atoms with E-state index in [4.69, 9.17) is 0 Å². The number of hydrogen-bond acceptors (Lipinski definition) is 2. The van der Waals surface area contributed by atoms with Gasteiger partial charge in [0.05, 0.1) is 12.0 Å². The van der Waals surface area contributed by atoms with Crippen LogP contribution >= 0.6 is 0 Å². The van der Waals surface area contributed by atoms with E-state index in [0.717, 1.165) is 11.3 Å². The van der Waals surface area contributed by atoms with Gasteiger partial charge in [0.15, 0.2) is 0 Å². The molecule has 1 amide bonds. The van der Waals surface area contributed by atoms with Crippen LogP contribution < -0.4 is 5.32 Å². The lowest BCUT2D eigenvalue weighted by Crippen LogP contribution is -2.25. The number of benzene rings is 1. The monoisotopic (exact) mass is 283 g/mol. The molecule has 2 aromatic rings. The van der Waals surface area contributed by atoms with E-state index < -0.39 is 0 Å². The first-order valence-corrected chi connectivity index (χ1v) is 7.66. The van der Waals surface area contributed by atoms with Crippen LogP contribution in [0.15, 0.2) is 43.0 Å². The summed E-state index contributed by atoms with van der Waals surface area (Å²) in [5.41, 5.74) is 2.17. The van der Waals surface area contributed by atoms with Crippen LogP contribution in [0.3, 0.4) is 0 Å². The fourth-order valence-electron chi connectivity index (χ4n) is 3.06. The van der Waals surface area contributed by atoms with Crippen LogP contribution in [0, 0.1) is 5.92 Å². The number of rotatable bonds is 5. The maximum atomic E-state index is 12.0. The van der Waals surface area contributed by atoms with Crippen LogP contribution in [0.2, 0.25) is 0 Å². The SMILES string of the molecule is O=C(CC1CCCC1)NCc1ccccc1-n1ccnc1. The zero-order valence-corrected chi connectivity index (χ0v) is 12.2. The molecule has 0 radical (unpaired) electrons. The number of hydrogen-bond donors (Lipinski definition) is 1. The van der Waals surface area contributed by atoms with Crippen molar-refractivity contribution in [2.24, 2.45) is 5.92 Å². The van der Waals surface area contributed by atoms with Crippen molar-refractivity contribution in [3.8, 4) is 5.69 Å². The molecule has 110 valence electrons. The van der Waals surface area contributed by atoms with E-state index in [2.05, 4.69) is 10.3 Å². The number of nitrogens with one attached hydrogen (secondary N) is 1. The average molecular weight is 283 g/mol. The normalized spacial score (nSPS) is 15.2. The quantitative estimate of drug-likeness (QED) is 0.916. The van der Waals surface area contributed by atoms with E-state index in [1.165, 1.54) is 25.7 Å². The summed E-state index contributed by atoms with van der Waals surface area (Å²) in [6.07, 6.45) is 11.1. The Morgan fingerprint density at radius 3 is 2.86 bits per heavy atom. The summed E-state index contributed by atoms with van der Waals surface area (Å²) in [4.78, 5) is 16.1. The van der Waals surface area contributed by atoms with Crippen molar-refractivity contribution < 1.29 is 4.79 Å². The highest BCUT2D eigenvalue weighted by Crippen LogP contribution is 2.27. The summed E-state index contributed by atoms with van der Waals surface area (Å²) in [6, 6.07) is 8.09. The van der Waals surface area contributed by atoms with Gasteiger partial charge in [0.2, 0.25) is 5.91 Å². The van der Waals surface area contributed by atoms with Crippen LogP contribution in [-0.4, -0.2) is 15.5 Å². The Labute approximate surface area is 125 Å². The fourth-order valence-corrected chi connectivity index (χ4v) is 3.06. The van der Waals surface area contributed by atoms with Crippen molar-refractivity contribution in [3.63, 3.8) is 0 Å². The van der Waals surface area contributed by atoms with Crippen molar-refractivity contribution >= 4 is 5.91 Å². The molecule has 1 fully saturated rings. The predicted octanol–water partition coefficient (Wildman–Crippen LogP) is 3.07. The number of aromatic nitrogens is 2. The first-order valence-electron chi connectivity index (χ1n) is 7.66. The summed E-state index contributed by atoms with van der Waals surface area (Å²) >= 11 is 0. The molecule has 1 saturated carbocycles. The Hall–Kier alpha value is -2.10. The molecular formula is C17H21N3O. The van der Waals surface area contributed by atoms with Gasteiger partial charge >= 0.3 is 0 Å². The molecular weight excluding hydrogens is 262 g/mol. The Bertz CT molecular complexity index is 586. The first kappa shape index (κ1) is 13.9. The second kappa shape index (κ2) is 6.57. The summed E-state index contributed by atoms with van der Waals surface area (Å²) in [6.45, 7) is 0.569. The zero-order valence-electron chi connectivity index (χ0n) is 12.2. The van der Waals surface area contributed by atoms with Crippen molar-refractivity contribution in [2.45, 2.75) is 38.6 Å². The van der Waals surface area contributed by atoms with Crippen LogP contribution in [0.5, 0.6) is 0 Å². The van der Waals surface area contributed by atoms with E-state index in [9.17, 15) is 4.79 Å². The van der Waals surface area contributed by atoms with Crippen LogP contribution in [0.4, 0.5) is 0 Å². The lowest BCUT2D eigenvalue weighted by atomic mass is 10.0. The molecule has 0 atom stereocenters. The van der Waals surface area contributed by atoms with Crippen LogP contribution in [0.1, 0.15) is 37.7 Å². The van der Waals surface area contributed by atoms with E-state index in [-0.39, 0.29) is 5.91 Å². The Morgan fingerprint density at radius 1 is 1.29 bits per heavy atom. The summed E-state index contributed by atoms with van der Waals surface area (Å²) in [5.74, 6) is 0.760. The van der Waals surface area contributed by atoms with Crippen molar-refractivity contribution in [2.75, 3.05) is 0 Å². The van der Waals surface area contributed by atoms with Gasteiger partial charge in [-0.1, -0.05) is 31.0 Å². The second-order valence-corrected chi connectivity index (χ2v) is 5.73. The maximum absolute atomic E-state index is 12.0. The van der Waals surface area contributed by atoms with Gasteiger partial charge in [0.1, 0.15) is 0 Å². The lowest BCUT2D eigenvalue weighted by molar-refractivity contribution is -0.122. The van der Waals surface area contributed by atoms with Gasteiger partial charge in [0.25, 0.3) is 0 Å². The van der Waals surface area contributed by atoms with Gasteiger partial charge in [-0.25, -0.2) is 4.98 Å². The topological polar surface area (TPSA) is 46.9 Å². The van der Waals surface area contributed by atoms with Gasteiger partial charge < -0.3 is 9.88 Å². The average Bonchev–Trinajstić information content (AvgIpc) is 3.18. The number of nitrogens with zero attached hydrogens (tertiary/aromatic N) is 2. The predicted molar refractivity (Wildman–Crippen MR) is 82.0 cm³/mol. The Morgan fingerprint density at radius 2 is 2.10 bits per heavy atom. The minimum atomic E-state index is 0.169. The molecule has 21 heavy (non-hydrogen) atoms.